The summed E-state index contributed by atoms with van der Waals surface area (Å²) in [5.74, 6) is 1.67. The molecule has 1 aromatic carbocycles. The number of nitrogens with zero attached hydrogens (tertiary/aromatic N) is 2. The fraction of sp³-hybridized carbons (Fsp3) is 0.556. The highest BCUT2D eigenvalue weighted by Crippen LogP contribution is 2.11. The first-order chi connectivity index (χ1) is 11.7. The summed E-state index contributed by atoms with van der Waals surface area (Å²) in [6, 6.07) is 8.04. The number of hydrogen-bond acceptors (Lipinski definition) is 3. The summed E-state index contributed by atoms with van der Waals surface area (Å²) >= 11 is 0. The monoisotopic (exact) mass is 332 g/mol. The molecule has 0 aliphatic carbocycles. The predicted molar refractivity (Wildman–Crippen MR) is 96.5 cm³/mol. The summed E-state index contributed by atoms with van der Waals surface area (Å²) in [4.78, 5) is 18.4. The Morgan fingerprint density at radius 3 is 2.54 bits per heavy atom. The largest absolute Gasteiger partial charge is 0.497 e. The summed E-state index contributed by atoms with van der Waals surface area (Å²) in [5, 5.41) is 6.46. The molecule has 1 heterocycles. The van der Waals surface area contributed by atoms with Crippen LogP contribution in [0, 0.1) is 0 Å². The van der Waals surface area contributed by atoms with Crippen molar-refractivity contribution in [1.29, 1.82) is 0 Å². The van der Waals surface area contributed by atoms with E-state index in [1.807, 2.05) is 24.0 Å². The number of methoxy groups -OCH3 is 1. The predicted octanol–water partition coefficient (Wildman–Crippen LogP) is 1.42. The molecule has 0 aromatic heterocycles. The SMILES string of the molecule is CCNC(=NCC(=O)N1CCCC1)NCCc1ccc(OC)cc1. The third-order valence-electron chi connectivity index (χ3n) is 4.04. The van der Waals surface area contributed by atoms with E-state index >= 15 is 0 Å². The number of hydrogen-bond donors (Lipinski definition) is 2. The van der Waals surface area contributed by atoms with Gasteiger partial charge in [-0.05, 0) is 43.9 Å². The van der Waals surface area contributed by atoms with Crippen molar-refractivity contribution in [3.63, 3.8) is 0 Å². The standard InChI is InChI=1S/C18H28N4O2/c1-3-19-18(21-14-17(23)22-12-4-5-13-22)20-11-10-15-6-8-16(24-2)9-7-15/h6-9H,3-5,10-14H2,1-2H3,(H2,19,20,21). The third kappa shape index (κ3) is 5.76. The van der Waals surface area contributed by atoms with Gasteiger partial charge in [-0.2, -0.15) is 0 Å². The van der Waals surface area contributed by atoms with Crippen LogP contribution in [0.1, 0.15) is 25.3 Å². The lowest BCUT2D eigenvalue weighted by Crippen LogP contribution is -2.39. The van der Waals surface area contributed by atoms with Gasteiger partial charge in [0.15, 0.2) is 5.96 Å². The molecule has 6 heteroatoms. The molecule has 0 atom stereocenters. The Labute approximate surface area is 144 Å². The highest BCUT2D eigenvalue weighted by Gasteiger charge is 2.17. The van der Waals surface area contributed by atoms with Gasteiger partial charge in [-0.25, -0.2) is 4.99 Å². The van der Waals surface area contributed by atoms with E-state index in [4.69, 9.17) is 4.74 Å². The number of carbonyl (C=O) groups is 1. The molecular weight excluding hydrogens is 304 g/mol. The molecule has 0 spiro atoms. The van der Waals surface area contributed by atoms with Crippen molar-refractivity contribution in [2.45, 2.75) is 26.2 Å². The quantitative estimate of drug-likeness (QED) is 0.585. The molecule has 1 fully saturated rings. The van der Waals surface area contributed by atoms with Crippen LogP contribution in [0.15, 0.2) is 29.3 Å². The molecule has 0 radical (unpaired) electrons. The summed E-state index contributed by atoms with van der Waals surface area (Å²) in [6.07, 6.45) is 3.10. The Kier molecular flexibility index (Phi) is 7.39. The number of likely N-dealkylation sites (tertiary alicyclic amines) is 1. The molecule has 132 valence electrons. The van der Waals surface area contributed by atoms with E-state index in [1.54, 1.807) is 7.11 Å². The van der Waals surface area contributed by atoms with Crippen LogP contribution in [0.2, 0.25) is 0 Å². The van der Waals surface area contributed by atoms with Gasteiger partial charge in [-0.1, -0.05) is 12.1 Å². The van der Waals surface area contributed by atoms with Crippen LogP contribution < -0.4 is 15.4 Å². The Morgan fingerprint density at radius 1 is 1.21 bits per heavy atom. The number of guanidine groups is 1. The van der Waals surface area contributed by atoms with Gasteiger partial charge in [0, 0.05) is 26.2 Å². The number of aliphatic imine (C=N–C) groups is 1. The normalized spacial score (nSPS) is 14.6. The molecule has 1 aromatic rings. The van der Waals surface area contributed by atoms with Gasteiger partial charge >= 0.3 is 0 Å². The average molecular weight is 332 g/mol. The maximum atomic E-state index is 12.1. The second-order valence-electron chi connectivity index (χ2n) is 5.81. The number of carbonyl (C=O) groups excluding carboxylic acids is 1. The van der Waals surface area contributed by atoms with Crippen LogP contribution in [0.5, 0.6) is 5.75 Å². The lowest BCUT2D eigenvalue weighted by Gasteiger charge is -2.15. The molecule has 0 bridgehead atoms. The molecule has 24 heavy (non-hydrogen) atoms. The fourth-order valence-corrected chi connectivity index (χ4v) is 2.67. The average Bonchev–Trinajstić information content (AvgIpc) is 3.14. The van der Waals surface area contributed by atoms with Gasteiger partial charge in [0.2, 0.25) is 5.91 Å². The van der Waals surface area contributed by atoms with E-state index in [2.05, 4.69) is 27.8 Å². The zero-order valence-electron chi connectivity index (χ0n) is 14.7. The number of benzene rings is 1. The van der Waals surface area contributed by atoms with Crippen molar-refractivity contribution in [2.75, 3.05) is 39.8 Å². The second-order valence-corrected chi connectivity index (χ2v) is 5.81. The van der Waals surface area contributed by atoms with Crippen LogP contribution in [0.25, 0.3) is 0 Å². The molecular formula is C18H28N4O2. The minimum absolute atomic E-state index is 0.111. The Bertz CT molecular complexity index is 536. The highest BCUT2D eigenvalue weighted by atomic mass is 16.5. The maximum absolute atomic E-state index is 12.1. The third-order valence-corrected chi connectivity index (χ3v) is 4.04. The Hall–Kier alpha value is -2.24. The Morgan fingerprint density at radius 2 is 1.92 bits per heavy atom. The van der Waals surface area contributed by atoms with E-state index in [1.165, 1.54) is 5.56 Å². The van der Waals surface area contributed by atoms with E-state index in [0.29, 0.717) is 5.96 Å². The summed E-state index contributed by atoms with van der Waals surface area (Å²) in [5.41, 5.74) is 1.23. The summed E-state index contributed by atoms with van der Waals surface area (Å²) < 4.78 is 5.16. The van der Waals surface area contributed by atoms with Crippen molar-refractivity contribution in [3.8, 4) is 5.75 Å². The topological polar surface area (TPSA) is 66.0 Å². The van der Waals surface area contributed by atoms with Crippen molar-refractivity contribution >= 4 is 11.9 Å². The molecule has 1 saturated heterocycles. The van der Waals surface area contributed by atoms with Crippen LogP contribution in [-0.2, 0) is 11.2 Å². The van der Waals surface area contributed by atoms with E-state index in [9.17, 15) is 4.79 Å². The molecule has 2 N–H and O–H groups in total. The zero-order valence-corrected chi connectivity index (χ0v) is 14.7. The van der Waals surface area contributed by atoms with Crippen LogP contribution in [0.3, 0.4) is 0 Å². The first-order valence-electron chi connectivity index (χ1n) is 8.66. The van der Waals surface area contributed by atoms with Gasteiger partial charge in [0.1, 0.15) is 12.3 Å². The summed E-state index contributed by atoms with van der Waals surface area (Å²) in [7, 11) is 1.67. The lowest BCUT2D eigenvalue weighted by atomic mass is 10.1. The number of rotatable bonds is 7. The van der Waals surface area contributed by atoms with Gasteiger partial charge in [0.25, 0.3) is 0 Å². The van der Waals surface area contributed by atoms with Gasteiger partial charge in [0.05, 0.1) is 7.11 Å². The Balaban J connectivity index is 1.78. The first kappa shape index (κ1) is 18.1. The van der Waals surface area contributed by atoms with Crippen LogP contribution in [-0.4, -0.2) is 56.6 Å². The van der Waals surface area contributed by atoms with Gasteiger partial charge < -0.3 is 20.3 Å². The molecule has 1 aliphatic heterocycles. The second kappa shape index (κ2) is 9.80. The van der Waals surface area contributed by atoms with E-state index in [-0.39, 0.29) is 12.5 Å². The van der Waals surface area contributed by atoms with Gasteiger partial charge in [-0.3, -0.25) is 4.79 Å². The number of amides is 1. The molecule has 1 aliphatic rings. The number of nitrogens with one attached hydrogen (secondary N) is 2. The minimum Gasteiger partial charge on any atom is -0.497 e. The number of ether oxygens (including phenoxy) is 1. The zero-order chi connectivity index (χ0) is 17.2. The van der Waals surface area contributed by atoms with E-state index in [0.717, 1.165) is 51.2 Å². The minimum atomic E-state index is 0.111. The fourth-order valence-electron chi connectivity index (χ4n) is 2.67. The molecule has 1 amide bonds. The van der Waals surface area contributed by atoms with Gasteiger partial charge in [-0.15, -0.1) is 0 Å². The van der Waals surface area contributed by atoms with Crippen LogP contribution in [0.4, 0.5) is 0 Å². The maximum Gasteiger partial charge on any atom is 0.244 e. The molecule has 0 unspecified atom stereocenters. The van der Waals surface area contributed by atoms with Crippen molar-refractivity contribution in [3.05, 3.63) is 29.8 Å². The smallest absolute Gasteiger partial charge is 0.244 e. The summed E-state index contributed by atoms with van der Waals surface area (Å²) in [6.45, 7) is 5.49. The first-order valence-corrected chi connectivity index (χ1v) is 8.66. The lowest BCUT2D eigenvalue weighted by molar-refractivity contribution is -0.128. The van der Waals surface area contributed by atoms with E-state index < -0.39 is 0 Å². The van der Waals surface area contributed by atoms with Crippen molar-refractivity contribution < 1.29 is 9.53 Å². The van der Waals surface area contributed by atoms with Crippen molar-refractivity contribution in [2.24, 2.45) is 4.99 Å². The molecule has 6 nitrogen and oxygen atoms in total. The van der Waals surface area contributed by atoms with Crippen LogP contribution >= 0.6 is 0 Å². The highest BCUT2D eigenvalue weighted by molar-refractivity contribution is 5.85. The van der Waals surface area contributed by atoms with Crippen molar-refractivity contribution in [1.82, 2.24) is 15.5 Å². The molecule has 2 rings (SSSR count). The molecule has 0 saturated carbocycles.